The quantitative estimate of drug-likeness (QED) is 0.355. The van der Waals surface area contributed by atoms with Gasteiger partial charge in [0.25, 0.3) is 0 Å². The van der Waals surface area contributed by atoms with E-state index in [1.165, 1.54) is 4.31 Å². The fourth-order valence-electron chi connectivity index (χ4n) is 2.05. The van der Waals surface area contributed by atoms with Gasteiger partial charge < -0.3 is 0 Å². The third-order valence-corrected chi connectivity index (χ3v) is 3.66. The summed E-state index contributed by atoms with van der Waals surface area (Å²) in [6, 6.07) is 2.59. The van der Waals surface area contributed by atoms with Gasteiger partial charge in [0.15, 0.2) is 0 Å². The van der Waals surface area contributed by atoms with Crippen LogP contribution >= 0.6 is 12.2 Å². The van der Waals surface area contributed by atoms with Gasteiger partial charge in [-0.2, -0.15) is 0 Å². The molecule has 1 fully saturated rings. The molecule has 0 amide bonds. The molecular formula is C14H18F3NO2S. The van der Waals surface area contributed by atoms with Crippen LogP contribution in [0.3, 0.4) is 0 Å². The molecule has 0 aliphatic carbocycles. The van der Waals surface area contributed by atoms with Crippen LogP contribution in [0.4, 0.5) is 13.2 Å². The van der Waals surface area contributed by atoms with Crippen LogP contribution in [0.2, 0.25) is 0 Å². The first-order valence-electron chi connectivity index (χ1n) is 6.64. The first-order valence-corrected chi connectivity index (χ1v) is 7.34. The van der Waals surface area contributed by atoms with Gasteiger partial charge in [0, 0.05) is 18.5 Å². The van der Waals surface area contributed by atoms with Crippen molar-refractivity contribution in [2.45, 2.75) is 45.0 Å². The normalized spacial score (nSPS) is 23.7. The monoisotopic (exact) mass is 321 g/mol. The molecular weight excluding hydrogens is 303 g/mol. The Balaban J connectivity index is 2.08. The zero-order valence-electron chi connectivity index (χ0n) is 12.1. The van der Waals surface area contributed by atoms with Crippen LogP contribution in [0.1, 0.15) is 38.8 Å². The first kappa shape index (κ1) is 16.6. The molecule has 21 heavy (non-hydrogen) atoms. The fourth-order valence-corrected chi connectivity index (χ4v) is 2.89. The zero-order chi connectivity index (χ0) is 15.6. The Kier molecular flexibility index (Phi) is 5.19. The van der Waals surface area contributed by atoms with Crippen molar-refractivity contribution in [1.82, 2.24) is 4.31 Å². The number of halogens is 3. The van der Waals surface area contributed by atoms with Crippen LogP contribution in [-0.4, -0.2) is 22.6 Å². The van der Waals surface area contributed by atoms with Gasteiger partial charge in [-0.1, -0.05) is 0 Å². The average Bonchev–Trinajstić information content (AvgIpc) is 2.72. The molecule has 2 atom stereocenters. The first-order chi connectivity index (χ1) is 9.76. The topological polar surface area (TPSA) is 21.7 Å². The summed E-state index contributed by atoms with van der Waals surface area (Å²) in [7, 11) is 0. The maximum Gasteiger partial charge on any atom is 0.128 e. The highest BCUT2D eigenvalue weighted by Gasteiger charge is 2.36. The second-order valence-corrected chi connectivity index (χ2v) is 6.71. The molecule has 1 heterocycles. The van der Waals surface area contributed by atoms with Crippen molar-refractivity contribution in [3.8, 4) is 0 Å². The standard InChI is InChI=1S/C14H18F3NO2S/c1-14(2,3)19-20-21-18-8-10(16)7-13(18)11-6-9(15)4-5-12(11)17/h4-6,10,13H,7-8H2,1-3H3/t10-,13+/m0/s1. The van der Waals surface area contributed by atoms with Crippen LogP contribution in [0, 0.1) is 11.6 Å². The van der Waals surface area contributed by atoms with Crippen molar-refractivity contribution in [3.63, 3.8) is 0 Å². The molecule has 0 bridgehead atoms. The molecule has 0 N–H and O–H groups in total. The molecule has 7 heteroatoms. The van der Waals surface area contributed by atoms with E-state index in [-0.39, 0.29) is 18.5 Å². The van der Waals surface area contributed by atoms with Crippen LogP contribution in [0.25, 0.3) is 0 Å². The smallest absolute Gasteiger partial charge is 0.128 e. The Bertz CT molecular complexity index is 496. The van der Waals surface area contributed by atoms with Crippen molar-refractivity contribution in [2.75, 3.05) is 6.54 Å². The summed E-state index contributed by atoms with van der Waals surface area (Å²) in [6.45, 7) is 5.48. The largest absolute Gasteiger partial charge is 0.246 e. The summed E-state index contributed by atoms with van der Waals surface area (Å²) >= 11 is 0.814. The van der Waals surface area contributed by atoms with Gasteiger partial charge in [0.05, 0.1) is 11.6 Å². The van der Waals surface area contributed by atoms with Gasteiger partial charge in [-0.15, -0.1) is 4.33 Å². The number of nitrogens with zero attached hydrogens (tertiary/aromatic N) is 1. The molecule has 1 aromatic carbocycles. The van der Waals surface area contributed by atoms with E-state index in [0.717, 1.165) is 30.4 Å². The summed E-state index contributed by atoms with van der Waals surface area (Å²) < 4.78 is 47.3. The Morgan fingerprint density at radius 2 is 2.00 bits per heavy atom. The average molecular weight is 321 g/mol. The van der Waals surface area contributed by atoms with Gasteiger partial charge >= 0.3 is 0 Å². The van der Waals surface area contributed by atoms with E-state index < -0.39 is 29.4 Å². The lowest BCUT2D eigenvalue weighted by Gasteiger charge is -2.24. The Morgan fingerprint density at radius 3 is 2.67 bits per heavy atom. The summed E-state index contributed by atoms with van der Waals surface area (Å²) in [6.07, 6.45) is -1.03. The Morgan fingerprint density at radius 1 is 1.29 bits per heavy atom. The maximum absolute atomic E-state index is 13.8. The number of rotatable bonds is 4. The van der Waals surface area contributed by atoms with Gasteiger partial charge in [0.1, 0.15) is 30.0 Å². The fraction of sp³-hybridized carbons (Fsp3) is 0.571. The molecule has 1 aromatic rings. The lowest BCUT2D eigenvalue weighted by molar-refractivity contribution is -0.264. The minimum atomic E-state index is -1.12. The maximum atomic E-state index is 13.8. The van der Waals surface area contributed by atoms with Crippen molar-refractivity contribution in [2.24, 2.45) is 0 Å². The second kappa shape index (κ2) is 6.56. The molecule has 0 saturated carbocycles. The van der Waals surface area contributed by atoms with Gasteiger partial charge in [0.2, 0.25) is 0 Å². The molecule has 118 valence electrons. The molecule has 1 aliphatic rings. The minimum Gasteiger partial charge on any atom is -0.246 e. The predicted molar refractivity (Wildman–Crippen MR) is 74.8 cm³/mol. The third-order valence-electron chi connectivity index (χ3n) is 2.93. The van der Waals surface area contributed by atoms with E-state index in [1.807, 2.05) is 0 Å². The van der Waals surface area contributed by atoms with Crippen molar-refractivity contribution < 1.29 is 22.4 Å². The third kappa shape index (κ3) is 4.60. The molecule has 2 rings (SSSR count). The van der Waals surface area contributed by atoms with E-state index in [9.17, 15) is 13.2 Å². The van der Waals surface area contributed by atoms with E-state index in [1.54, 1.807) is 20.8 Å². The van der Waals surface area contributed by atoms with E-state index in [4.69, 9.17) is 9.22 Å². The second-order valence-electron chi connectivity index (χ2n) is 5.95. The molecule has 0 unspecified atom stereocenters. The van der Waals surface area contributed by atoms with E-state index in [2.05, 4.69) is 0 Å². The lowest BCUT2D eigenvalue weighted by atomic mass is 10.0. The van der Waals surface area contributed by atoms with E-state index >= 15 is 0 Å². The molecule has 0 spiro atoms. The van der Waals surface area contributed by atoms with Gasteiger partial charge in [-0.25, -0.2) is 22.4 Å². The summed E-state index contributed by atoms with van der Waals surface area (Å²) in [5, 5.41) is 0. The number of benzene rings is 1. The van der Waals surface area contributed by atoms with Crippen molar-refractivity contribution >= 4 is 12.2 Å². The molecule has 1 saturated heterocycles. The minimum absolute atomic E-state index is 0.0682. The number of alkyl halides is 1. The van der Waals surface area contributed by atoms with Crippen molar-refractivity contribution in [3.05, 3.63) is 35.4 Å². The summed E-state index contributed by atoms with van der Waals surface area (Å²) in [5.74, 6) is -1.11. The van der Waals surface area contributed by atoms with Crippen molar-refractivity contribution in [1.29, 1.82) is 0 Å². The highest BCUT2D eigenvalue weighted by Crippen LogP contribution is 2.40. The summed E-state index contributed by atoms with van der Waals surface area (Å²) in [4.78, 5) is 5.10. The van der Waals surface area contributed by atoms with Crippen LogP contribution in [0.5, 0.6) is 0 Å². The zero-order valence-corrected chi connectivity index (χ0v) is 12.9. The van der Waals surface area contributed by atoms with Gasteiger partial charge in [-0.3, -0.25) is 0 Å². The van der Waals surface area contributed by atoms with E-state index in [0.29, 0.717) is 0 Å². The molecule has 0 radical (unpaired) electrons. The highest BCUT2D eigenvalue weighted by molar-refractivity contribution is 7.92. The predicted octanol–water partition coefficient (Wildman–Crippen LogP) is 4.36. The van der Waals surface area contributed by atoms with Crippen LogP contribution < -0.4 is 0 Å². The van der Waals surface area contributed by atoms with Crippen LogP contribution in [0.15, 0.2) is 18.2 Å². The SMILES string of the molecule is CC(C)(C)OOSN1C[C@@H](F)C[C@@H]1c1cc(F)ccc1F. The summed E-state index contributed by atoms with van der Waals surface area (Å²) in [5.41, 5.74) is -0.386. The molecule has 1 aliphatic heterocycles. The Labute approximate surface area is 126 Å². The lowest BCUT2D eigenvalue weighted by Crippen LogP contribution is -2.22. The number of hydrogen-bond acceptors (Lipinski definition) is 4. The number of hydrogen-bond donors (Lipinski definition) is 0. The van der Waals surface area contributed by atoms with Gasteiger partial charge in [-0.05, 0) is 39.0 Å². The van der Waals surface area contributed by atoms with Crippen LogP contribution in [-0.2, 0) is 9.22 Å². The molecule has 3 nitrogen and oxygen atoms in total. The Hall–Kier alpha value is -0.760. The highest BCUT2D eigenvalue weighted by atomic mass is 32.2. The molecule has 0 aromatic heterocycles.